The van der Waals surface area contributed by atoms with E-state index >= 15 is 0 Å². The van der Waals surface area contributed by atoms with Gasteiger partial charge in [0.1, 0.15) is 4.88 Å². The van der Waals surface area contributed by atoms with Gasteiger partial charge >= 0.3 is 0 Å². The van der Waals surface area contributed by atoms with Crippen molar-refractivity contribution in [2.45, 2.75) is 34.2 Å². The van der Waals surface area contributed by atoms with E-state index in [1.807, 2.05) is 13.8 Å². The van der Waals surface area contributed by atoms with Gasteiger partial charge in [-0.05, 0) is 27.7 Å². The van der Waals surface area contributed by atoms with Crippen LogP contribution in [0.4, 0.5) is 0 Å². The Hall–Kier alpha value is -2.02. The van der Waals surface area contributed by atoms with Crippen molar-refractivity contribution in [1.29, 1.82) is 0 Å². The highest BCUT2D eigenvalue weighted by Gasteiger charge is 2.13. The van der Waals surface area contributed by atoms with E-state index in [9.17, 15) is 9.59 Å². The molecule has 2 heterocycles. The van der Waals surface area contributed by atoms with Crippen molar-refractivity contribution < 1.29 is 4.79 Å². The van der Waals surface area contributed by atoms with Crippen LogP contribution >= 0.6 is 11.3 Å². The molecule has 0 saturated carbocycles. The van der Waals surface area contributed by atoms with E-state index in [1.165, 1.54) is 22.2 Å². The van der Waals surface area contributed by atoms with E-state index in [4.69, 9.17) is 0 Å². The molecule has 0 fully saturated rings. The first kappa shape index (κ1) is 15.4. The average Bonchev–Trinajstić information content (AvgIpc) is 2.77. The van der Waals surface area contributed by atoms with Crippen molar-refractivity contribution in [3.8, 4) is 0 Å². The standard InChI is InChI=1S/C14H18N4O2S/c1-8-9(2)16-7-18(14(8)20)6-5-15-13(19)12-10(3)17-11(4)21-12/h7H,5-6H2,1-4H3,(H,15,19). The lowest BCUT2D eigenvalue weighted by Gasteiger charge is -2.08. The van der Waals surface area contributed by atoms with Crippen LogP contribution in [-0.4, -0.2) is 27.0 Å². The SMILES string of the molecule is Cc1nc(C)c(C(=O)NCCn2cnc(C)c(C)c2=O)s1. The molecule has 0 aliphatic carbocycles. The number of hydrogen-bond acceptors (Lipinski definition) is 5. The maximum absolute atomic E-state index is 12.0. The zero-order valence-corrected chi connectivity index (χ0v) is 13.4. The van der Waals surface area contributed by atoms with Crippen molar-refractivity contribution in [2.75, 3.05) is 6.54 Å². The molecule has 0 bridgehead atoms. The number of nitrogens with zero attached hydrogens (tertiary/aromatic N) is 3. The minimum absolute atomic E-state index is 0.0680. The Morgan fingerprint density at radius 1 is 1.29 bits per heavy atom. The van der Waals surface area contributed by atoms with E-state index in [0.29, 0.717) is 23.5 Å². The van der Waals surface area contributed by atoms with E-state index in [-0.39, 0.29) is 11.5 Å². The van der Waals surface area contributed by atoms with E-state index < -0.39 is 0 Å². The summed E-state index contributed by atoms with van der Waals surface area (Å²) in [6.45, 7) is 8.01. The van der Waals surface area contributed by atoms with E-state index in [2.05, 4.69) is 15.3 Å². The van der Waals surface area contributed by atoms with Crippen LogP contribution < -0.4 is 10.9 Å². The zero-order chi connectivity index (χ0) is 15.6. The van der Waals surface area contributed by atoms with Gasteiger partial charge in [-0.2, -0.15) is 0 Å². The number of carbonyl (C=O) groups excluding carboxylic acids is 1. The molecular weight excluding hydrogens is 288 g/mol. The molecule has 0 aliphatic rings. The summed E-state index contributed by atoms with van der Waals surface area (Å²) in [6.07, 6.45) is 1.51. The quantitative estimate of drug-likeness (QED) is 0.925. The summed E-state index contributed by atoms with van der Waals surface area (Å²) in [5, 5.41) is 3.67. The molecule has 21 heavy (non-hydrogen) atoms. The van der Waals surface area contributed by atoms with E-state index in [1.54, 1.807) is 13.8 Å². The van der Waals surface area contributed by atoms with Gasteiger partial charge in [-0.3, -0.25) is 14.2 Å². The predicted molar refractivity (Wildman–Crippen MR) is 81.9 cm³/mol. The summed E-state index contributed by atoms with van der Waals surface area (Å²) in [7, 11) is 0. The van der Waals surface area contributed by atoms with E-state index in [0.717, 1.165) is 16.4 Å². The number of amides is 1. The zero-order valence-electron chi connectivity index (χ0n) is 12.6. The van der Waals surface area contributed by atoms with Crippen molar-refractivity contribution >= 4 is 17.2 Å². The van der Waals surface area contributed by atoms with Crippen LogP contribution in [0.25, 0.3) is 0 Å². The Bertz CT molecular complexity index is 733. The lowest BCUT2D eigenvalue weighted by atomic mass is 10.3. The molecule has 2 aromatic heterocycles. The highest BCUT2D eigenvalue weighted by molar-refractivity contribution is 7.13. The fraction of sp³-hybridized carbons (Fsp3) is 0.429. The Morgan fingerprint density at radius 3 is 2.62 bits per heavy atom. The minimum Gasteiger partial charge on any atom is -0.349 e. The molecule has 112 valence electrons. The molecule has 0 aromatic carbocycles. The van der Waals surface area contributed by atoms with Crippen LogP contribution in [-0.2, 0) is 6.54 Å². The largest absolute Gasteiger partial charge is 0.349 e. The normalized spacial score (nSPS) is 10.7. The number of carbonyl (C=O) groups is 1. The molecule has 0 spiro atoms. The Kier molecular flexibility index (Phi) is 4.52. The number of nitrogens with one attached hydrogen (secondary N) is 1. The van der Waals surface area contributed by atoms with Crippen LogP contribution in [0.5, 0.6) is 0 Å². The first-order chi connectivity index (χ1) is 9.90. The van der Waals surface area contributed by atoms with Gasteiger partial charge in [0.2, 0.25) is 0 Å². The lowest BCUT2D eigenvalue weighted by molar-refractivity contribution is 0.0955. The van der Waals surface area contributed by atoms with Gasteiger partial charge in [0.15, 0.2) is 0 Å². The second-order valence-corrected chi connectivity index (χ2v) is 6.06. The number of aromatic nitrogens is 3. The number of aryl methyl sites for hydroxylation is 3. The molecule has 7 heteroatoms. The fourth-order valence-corrected chi connectivity index (χ4v) is 2.78. The van der Waals surface area contributed by atoms with Crippen LogP contribution in [0.1, 0.15) is 31.6 Å². The smallest absolute Gasteiger partial charge is 0.263 e. The van der Waals surface area contributed by atoms with Gasteiger partial charge in [0, 0.05) is 24.3 Å². The van der Waals surface area contributed by atoms with Gasteiger partial charge in [-0.1, -0.05) is 0 Å². The number of rotatable bonds is 4. The highest BCUT2D eigenvalue weighted by atomic mass is 32.1. The van der Waals surface area contributed by atoms with Crippen LogP contribution in [0.15, 0.2) is 11.1 Å². The third-order valence-electron chi connectivity index (χ3n) is 3.26. The van der Waals surface area contributed by atoms with Crippen LogP contribution in [0.3, 0.4) is 0 Å². The molecule has 0 unspecified atom stereocenters. The first-order valence-corrected chi connectivity index (χ1v) is 7.46. The van der Waals surface area contributed by atoms with Crippen LogP contribution in [0.2, 0.25) is 0 Å². The first-order valence-electron chi connectivity index (χ1n) is 6.65. The van der Waals surface area contributed by atoms with Gasteiger partial charge in [0.25, 0.3) is 11.5 Å². The molecule has 0 radical (unpaired) electrons. The molecule has 1 amide bonds. The fourth-order valence-electron chi connectivity index (χ4n) is 1.95. The molecule has 2 aromatic rings. The van der Waals surface area contributed by atoms with Gasteiger partial charge in [0.05, 0.1) is 17.0 Å². The van der Waals surface area contributed by atoms with Crippen molar-refractivity contribution in [3.05, 3.63) is 43.5 Å². The Labute approximate surface area is 126 Å². The lowest BCUT2D eigenvalue weighted by Crippen LogP contribution is -2.32. The second-order valence-electron chi connectivity index (χ2n) is 4.86. The third-order valence-corrected chi connectivity index (χ3v) is 4.33. The van der Waals surface area contributed by atoms with Crippen molar-refractivity contribution in [3.63, 3.8) is 0 Å². The van der Waals surface area contributed by atoms with Gasteiger partial charge in [-0.25, -0.2) is 9.97 Å². The summed E-state index contributed by atoms with van der Waals surface area (Å²) >= 11 is 1.37. The molecule has 6 nitrogen and oxygen atoms in total. The van der Waals surface area contributed by atoms with Crippen LogP contribution in [0, 0.1) is 27.7 Å². The average molecular weight is 306 g/mol. The summed E-state index contributed by atoms with van der Waals surface area (Å²) in [5.41, 5.74) is 2.04. The molecule has 2 rings (SSSR count). The molecule has 0 saturated heterocycles. The maximum Gasteiger partial charge on any atom is 0.263 e. The van der Waals surface area contributed by atoms with Gasteiger partial charge in [-0.15, -0.1) is 11.3 Å². The Morgan fingerprint density at radius 2 is 2.00 bits per heavy atom. The third kappa shape index (κ3) is 3.36. The van der Waals surface area contributed by atoms with Crippen molar-refractivity contribution in [2.24, 2.45) is 0 Å². The summed E-state index contributed by atoms with van der Waals surface area (Å²) in [6, 6.07) is 0. The topological polar surface area (TPSA) is 76.9 Å². The summed E-state index contributed by atoms with van der Waals surface area (Å²) in [4.78, 5) is 33.0. The summed E-state index contributed by atoms with van der Waals surface area (Å²) < 4.78 is 1.51. The Balaban J connectivity index is 1.99. The van der Waals surface area contributed by atoms with Crippen molar-refractivity contribution in [1.82, 2.24) is 19.9 Å². The molecular formula is C14H18N4O2S. The number of thiazole rings is 1. The molecule has 1 N–H and O–H groups in total. The highest BCUT2D eigenvalue weighted by Crippen LogP contribution is 2.16. The minimum atomic E-state index is -0.150. The van der Waals surface area contributed by atoms with Gasteiger partial charge < -0.3 is 5.32 Å². The molecule has 0 aliphatic heterocycles. The predicted octanol–water partition coefficient (Wildman–Crippen LogP) is 1.36. The summed E-state index contributed by atoms with van der Waals surface area (Å²) in [5.74, 6) is -0.150. The maximum atomic E-state index is 12.0. The number of hydrogen-bond donors (Lipinski definition) is 1. The second kappa shape index (κ2) is 6.17. The molecule has 0 atom stereocenters. The monoisotopic (exact) mass is 306 g/mol.